The molecule has 2 aromatic heterocycles. The van der Waals surface area contributed by atoms with Gasteiger partial charge in [-0.25, -0.2) is 9.97 Å². The summed E-state index contributed by atoms with van der Waals surface area (Å²) in [5.41, 5.74) is 0.0753. The van der Waals surface area contributed by atoms with Crippen LogP contribution in [0.3, 0.4) is 0 Å². The molecule has 2 saturated heterocycles. The molecule has 2 aromatic rings. The van der Waals surface area contributed by atoms with Gasteiger partial charge < -0.3 is 14.5 Å². The van der Waals surface area contributed by atoms with E-state index >= 15 is 0 Å². The third-order valence-electron chi connectivity index (χ3n) is 6.10. The van der Waals surface area contributed by atoms with Crippen molar-refractivity contribution in [2.75, 3.05) is 24.5 Å². The van der Waals surface area contributed by atoms with Gasteiger partial charge in [-0.3, -0.25) is 9.78 Å². The smallest absolute Gasteiger partial charge is 0.417 e. The molecule has 1 saturated carbocycles. The van der Waals surface area contributed by atoms with Gasteiger partial charge in [-0.2, -0.15) is 13.2 Å². The average molecular weight is 468 g/mol. The molecule has 0 aromatic carbocycles. The number of fused-ring (bicyclic) bond motifs is 1. The van der Waals surface area contributed by atoms with Crippen LogP contribution < -0.4 is 9.64 Å². The molecule has 32 heavy (non-hydrogen) atoms. The normalized spacial score (nSPS) is 23.8. The van der Waals surface area contributed by atoms with Crippen LogP contribution in [0.1, 0.15) is 42.9 Å². The zero-order valence-electron chi connectivity index (χ0n) is 17.1. The predicted octanol–water partition coefficient (Wildman–Crippen LogP) is 3.68. The lowest BCUT2D eigenvalue weighted by Gasteiger charge is -2.27. The molecule has 1 aliphatic carbocycles. The van der Waals surface area contributed by atoms with Gasteiger partial charge in [0.1, 0.15) is 11.9 Å². The molecule has 0 unspecified atom stereocenters. The lowest BCUT2D eigenvalue weighted by molar-refractivity contribution is -0.137. The molecule has 7 nitrogen and oxygen atoms in total. The zero-order chi connectivity index (χ0) is 22.5. The van der Waals surface area contributed by atoms with Crippen LogP contribution in [0.2, 0.25) is 5.02 Å². The number of alkyl halides is 3. The molecule has 2 atom stereocenters. The molecule has 4 heterocycles. The highest BCUT2D eigenvalue weighted by molar-refractivity contribution is 6.33. The highest BCUT2D eigenvalue weighted by atomic mass is 35.5. The van der Waals surface area contributed by atoms with Gasteiger partial charge in [-0.15, -0.1) is 0 Å². The number of carbonyl (C=O) groups excluding carboxylic acids is 1. The summed E-state index contributed by atoms with van der Waals surface area (Å²) in [6, 6.07) is 0.715. The minimum atomic E-state index is -4.52. The number of rotatable bonds is 4. The first-order valence-corrected chi connectivity index (χ1v) is 10.9. The van der Waals surface area contributed by atoms with Crippen molar-refractivity contribution >= 4 is 23.3 Å². The maximum absolute atomic E-state index is 12.9. The van der Waals surface area contributed by atoms with Gasteiger partial charge in [-0.05, 0) is 18.9 Å². The van der Waals surface area contributed by atoms with Crippen molar-refractivity contribution in [3.63, 3.8) is 0 Å². The van der Waals surface area contributed by atoms with Crippen molar-refractivity contribution in [2.45, 2.75) is 49.9 Å². The van der Waals surface area contributed by atoms with E-state index in [1.54, 1.807) is 22.2 Å². The molecular formula is C21H21ClF3N5O2. The Morgan fingerprint density at radius 3 is 2.56 bits per heavy atom. The van der Waals surface area contributed by atoms with E-state index in [4.69, 9.17) is 16.3 Å². The maximum Gasteiger partial charge on any atom is 0.417 e. The van der Waals surface area contributed by atoms with Crippen LogP contribution in [0.25, 0.3) is 0 Å². The first-order chi connectivity index (χ1) is 15.3. The van der Waals surface area contributed by atoms with Gasteiger partial charge in [0.15, 0.2) is 0 Å². The largest absolute Gasteiger partial charge is 0.471 e. The van der Waals surface area contributed by atoms with E-state index in [0.29, 0.717) is 37.9 Å². The highest BCUT2D eigenvalue weighted by Gasteiger charge is 2.40. The lowest BCUT2D eigenvalue weighted by atomic mass is 10.2. The molecule has 3 fully saturated rings. The number of hydrogen-bond acceptors (Lipinski definition) is 6. The molecule has 0 N–H and O–H groups in total. The average Bonchev–Trinajstić information content (AvgIpc) is 3.54. The molecule has 0 bridgehead atoms. The number of anilines is 1. The second-order valence-electron chi connectivity index (χ2n) is 8.45. The number of halogens is 4. The van der Waals surface area contributed by atoms with Crippen LogP contribution in [0.15, 0.2) is 24.7 Å². The van der Waals surface area contributed by atoms with Crippen molar-refractivity contribution in [3.05, 3.63) is 40.9 Å². The molecule has 5 rings (SSSR count). The molecular weight excluding hydrogens is 447 g/mol. The number of amides is 1. The van der Waals surface area contributed by atoms with Crippen molar-refractivity contribution in [2.24, 2.45) is 0 Å². The summed E-state index contributed by atoms with van der Waals surface area (Å²) >= 11 is 6.13. The molecule has 0 radical (unpaired) electrons. The summed E-state index contributed by atoms with van der Waals surface area (Å²) in [6.45, 7) is 1.18. The van der Waals surface area contributed by atoms with Gasteiger partial charge in [0, 0.05) is 38.0 Å². The fraction of sp³-hybridized carbons (Fsp3) is 0.524. The van der Waals surface area contributed by atoms with Gasteiger partial charge in [0.05, 0.1) is 41.3 Å². The fourth-order valence-electron chi connectivity index (χ4n) is 4.32. The van der Waals surface area contributed by atoms with Gasteiger partial charge in [-0.1, -0.05) is 11.6 Å². The third kappa shape index (κ3) is 4.32. The maximum atomic E-state index is 12.9. The second kappa shape index (κ2) is 8.06. The minimum absolute atomic E-state index is 0.0261. The van der Waals surface area contributed by atoms with Crippen molar-refractivity contribution in [1.29, 1.82) is 0 Å². The Morgan fingerprint density at radius 2 is 1.91 bits per heavy atom. The molecule has 170 valence electrons. The van der Waals surface area contributed by atoms with Crippen LogP contribution in [0.5, 0.6) is 5.88 Å². The fourth-order valence-corrected chi connectivity index (χ4v) is 4.60. The summed E-state index contributed by atoms with van der Waals surface area (Å²) in [6.07, 6.45) is 2.47. The zero-order valence-corrected chi connectivity index (χ0v) is 17.8. The minimum Gasteiger partial charge on any atom is -0.471 e. The van der Waals surface area contributed by atoms with Crippen molar-refractivity contribution < 1.29 is 22.7 Å². The van der Waals surface area contributed by atoms with E-state index in [9.17, 15) is 18.0 Å². The number of ether oxygens (including phenoxy) is 1. The summed E-state index contributed by atoms with van der Waals surface area (Å²) in [5.74, 6) is 1.16. The van der Waals surface area contributed by atoms with E-state index < -0.39 is 11.7 Å². The van der Waals surface area contributed by atoms with Gasteiger partial charge in [0.25, 0.3) is 0 Å². The van der Waals surface area contributed by atoms with Crippen LogP contribution in [0, 0.1) is 0 Å². The Hall–Kier alpha value is -2.62. The van der Waals surface area contributed by atoms with E-state index in [0.717, 1.165) is 30.8 Å². The van der Waals surface area contributed by atoms with Gasteiger partial charge in [0.2, 0.25) is 11.8 Å². The van der Waals surface area contributed by atoms with Crippen LogP contribution in [0.4, 0.5) is 19.0 Å². The van der Waals surface area contributed by atoms with E-state index in [2.05, 4.69) is 15.0 Å². The van der Waals surface area contributed by atoms with Crippen LogP contribution in [-0.2, 0) is 11.0 Å². The topological polar surface area (TPSA) is 71.5 Å². The van der Waals surface area contributed by atoms with E-state index in [-0.39, 0.29) is 35.3 Å². The van der Waals surface area contributed by atoms with Crippen molar-refractivity contribution in [1.82, 2.24) is 19.9 Å². The number of hydrogen-bond donors (Lipinski definition) is 0. The number of carbonyl (C=O) groups is 1. The summed E-state index contributed by atoms with van der Waals surface area (Å²) < 4.78 is 44.8. The molecule has 11 heteroatoms. The van der Waals surface area contributed by atoms with Crippen molar-refractivity contribution in [3.8, 4) is 5.88 Å². The van der Waals surface area contributed by atoms with Gasteiger partial charge >= 0.3 is 6.18 Å². The monoisotopic (exact) mass is 467 g/mol. The number of nitrogens with zero attached hydrogens (tertiary/aromatic N) is 5. The predicted molar refractivity (Wildman–Crippen MR) is 110 cm³/mol. The Balaban J connectivity index is 1.28. The highest BCUT2D eigenvalue weighted by Crippen LogP contribution is 2.39. The quantitative estimate of drug-likeness (QED) is 0.683. The summed E-state index contributed by atoms with van der Waals surface area (Å²) in [4.78, 5) is 28.9. The summed E-state index contributed by atoms with van der Waals surface area (Å²) in [7, 11) is 0. The molecule has 2 aliphatic heterocycles. The Kier molecular flexibility index (Phi) is 5.35. The Labute approximate surface area is 187 Å². The Bertz CT molecular complexity index is 1020. The van der Waals surface area contributed by atoms with E-state index in [1.807, 2.05) is 0 Å². The standard InChI is InChI=1S/C21H21ClF3N5O2/c22-16-5-13(21(23,24)25)7-28-20(16)29-4-3-19(31)30-11-15(6-14(30)10-29)32-18-9-26-17(8-27-18)12-1-2-12/h5,7-9,12,14-15H,1-4,6,10-11H2/t14-,15-/m0/s1. The number of pyridine rings is 1. The molecule has 1 amide bonds. The van der Waals surface area contributed by atoms with Crippen LogP contribution >= 0.6 is 11.6 Å². The summed E-state index contributed by atoms with van der Waals surface area (Å²) in [5, 5.41) is -0.0856. The molecule has 3 aliphatic rings. The second-order valence-corrected chi connectivity index (χ2v) is 8.86. The first-order valence-electron chi connectivity index (χ1n) is 10.5. The molecule has 0 spiro atoms. The third-order valence-corrected chi connectivity index (χ3v) is 6.38. The van der Waals surface area contributed by atoms with E-state index in [1.165, 1.54) is 0 Å². The lowest BCUT2D eigenvalue weighted by Crippen LogP contribution is -2.39. The number of aromatic nitrogens is 3. The first kappa shape index (κ1) is 21.2. The van der Waals surface area contributed by atoms with Crippen LogP contribution in [-0.4, -0.2) is 57.5 Å². The Morgan fingerprint density at radius 1 is 1.09 bits per heavy atom. The SMILES string of the molecule is O=C1CCN(c2ncc(C(F)(F)F)cc2Cl)C[C@@H]2C[C@H](Oc3cnc(C4CC4)cn3)CN12.